The molecule has 1 N–H and O–H groups in total. The third-order valence-electron chi connectivity index (χ3n) is 2.94. The molecule has 0 aliphatic rings. The fourth-order valence-electron chi connectivity index (χ4n) is 1.85. The lowest BCUT2D eigenvalue weighted by Gasteiger charge is -2.15. The molecule has 20 heavy (non-hydrogen) atoms. The first-order valence-electron chi connectivity index (χ1n) is 6.32. The molecular formula is C16H18O4. The van der Waals surface area contributed by atoms with Crippen LogP contribution in [0.3, 0.4) is 0 Å². The van der Waals surface area contributed by atoms with Gasteiger partial charge in [0.05, 0.1) is 14.2 Å². The first-order chi connectivity index (χ1) is 9.74. The second kappa shape index (κ2) is 6.82. The molecule has 2 aromatic carbocycles. The SMILES string of the molecule is COc1ccc(C(O)COc2ccccc2)cc1OC. The number of para-hydroxylation sites is 1. The van der Waals surface area contributed by atoms with Crippen LogP contribution in [0.2, 0.25) is 0 Å². The van der Waals surface area contributed by atoms with Crippen molar-refractivity contribution in [2.24, 2.45) is 0 Å². The first kappa shape index (κ1) is 14.2. The van der Waals surface area contributed by atoms with E-state index >= 15 is 0 Å². The standard InChI is InChI=1S/C16H18O4/c1-18-15-9-8-12(10-16(15)19-2)14(17)11-20-13-6-4-3-5-7-13/h3-10,14,17H,11H2,1-2H3. The number of aliphatic hydroxyl groups is 1. The van der Waals surface area contributed by atoms with Gasteiger partial charge in [-0.05, 0) is 29.8 Å². The molecule has 0 aliphatic heterocycles. The molecule has 0 amide bonds. The van der Waals surface area contributed by atoms with Gasteiger partial charge in [0.2, 0.25) is 0 Å². The summed E-state index contributed by atoms with van der Waals surface area (Å²) < 4.78 is 15.9. The molecule has 0 fully saturated rings. The minimum absolute atomic E-state index is 0.180. The van der Waals surface area contributed by atoms with Crippen LogP contribution in [0, 0.1) is 0 Å². The Morgan fingerprint density at radius 1 is 0.950 bits per heavy atom. The fraction of sp³-hybridized carbons (Fsp3) is 0.250. The van der Waals surface area contributed by atoms with Crippen LogP contribution in [0.5, 0.6) is 17.2 Å². The van der Waals surface area contributed by atoms with Crippen molar-refractivity contribution in [3.05, 3.63) is 54.1 Å². The summed E-state index contributed by atoms with van der Waals surface area (Å²) in [5, 5.41) is 10.1. The van der Waals surface area contributed by atoms with E-state index in [-0.39, 0.29) is 6.61 Å². The minimum atomic E-state index is -0.727. The van der Waals surface area contributed by atoms with Gasteiger partial charge in [-0.15, -0.1) is 0 Å². The molecule has 0 aromatic heterocycles. The Balaban J connectivity index is 2.03. The molecule has 106 valence electrons. The summed E-state index contributed by atoms with van der Waals surface area (Å²) in [5.41, 5.74) is 0.721. The Morgan fingerprint density at radius 2 is 1.65 bits per heavy atom. The van der Waals surface area contributed by atoms with E-state index in [1.54, 1.807) is 32.4 Å². The quantitative estimate of drug-likeness (QED) is 0.880. The molecular weight excluding hydrogens is 256 g/mol. The lowest BCUT2D eigenvalue weighted by Crippen LogP contribution is -2.09. The van der Waals surface area contributed by atoms with Gasteiger partial charge in [-0.25, -0.2) is 0 Å². The maximum atomic E-state index is 10.1. The van der Waals surface area contributed by atoms with Crippen molar-refractivity contribution in [3.8, 4) is 17.2 Å². The van der Waals surface area contributed by atoms with E-state index in [4.69, 9.17) is 14.2 Å². The van der Waals surface area contributed by atoms with E-state index in [9.17, 15) is 5.11 Å². The van der Waals surface area contributed by atoms with Crippen molar-refractivity contribution in [2.75, 3.05) is 20.8 Å². The topological polar surface area (TPSA) is 47.9 Å². The molecule has 4 nitrogen and oxygen atoms in total. The molecule has 0 saturated carbocycles. The molecule has 0 heterocycles. The number of methoxy groups -OCH3 is 2. The zero-order valence-electron chi connectivity index (χ0n) is 11.6. The van der Waals surface area contributed by atoms with Crippen molar-refractivity contribution in [1.82, 2.24) is 0 Å². The second-order valence-corrected chi connectivity index (χ2v) is 4.25. The molecule has 1 unspecified atom stereocenters. The summed E-state index contributed by atoms with van der Waals surface area (Å²) in [7, 11) is 3.14. The van der Waals surface area contributed by atoms with Crippen molar-refractivity contribution >= 4 is 0 Å². The number of ether oxygens (including phenoxy) is 3. The number of aliphatic hydroxyl groups excluding tert-OH is 1. The van der Waals surface area contributed by atoms with Crippen molar-refractivity contribution < 1.29 is 19.3 Å². The van der Waals surface area contributed by atoms with Crippen LogP contribution >= 0.6 is 0 Å². The highest BCUT2D eigenvalue weighted by molar-refractivity contribution is 5.43. The van der Waals surface area contributed by atoms with E-state index in [1.807, 2.05) is 30.3 Å². The van der Waals surface area contributed by atoms with Crippen LogP contribution in [0.1, 0.15) is 11.7 Å². The number of hydrogen-bond acceptors (Lipinski definition) is 4. The Morgan fingerprint density at radius 3 is 2.30 bits per heavy atom. The third-order valence-corrected chi connectivity index (χ3v) is 2.94. The zero-order chi connectivity index (χ0) is 14.4. The minimum Gasteiger partial charge on any atom is -0.493 e. The molecule has 4 heteroatoms. The van der Waals surface area contributed by atoms with Gasteiger partial charge in [-0.1, -0.05) is 24.3 Å². The van der Waals surface area contributed by atoms with Crippen molar-refractivity contribution in [1.29, 1.82) is 0 Å². The second-order valence-electron chi connectivity index (χ2n) is 4.25. The fourth-order valence-corrected chi connectivity index (χ4v) is 1.85. The van der Waals surface area contributed by atoms with Crippen LogP contribution in [-0.4, -0.2) is 25.9 Å². The average molecular weight is 274 g/mol. The van der Waals surface area contributed by atoms with Crippen LogP contribution < -0.4 is 14.2 Å². The third kappa shape index (κ3) is 3.42. The number of hydrogen-bond donors (Lipinski definition) is 1. The molecule has 0 spiro atoms. The number of benzene rings is 2. The summed E-state index contributed by atoms with van der Waals surface area (Å²) in [6, 6.07) is 14.7. The van der Waals surface area contributed by atoms with Gasteiger partial charge in [0.25, 0.3) is 0 Å². The molecule has 2 rings (SSSR count). The van der Waals surface area contributed by atoms with E-state index in [0.717, 1.165) is 11.3 Å². The molecule has 0 saturated heterocycles. The highest BCUT2D eigenvalue weighted by Crippen LogP contribution is 2.30. The molecule has 1 atom stereocenters. The van der Waals surface area contributed by atoms with Crippen molar-refractivity contribution in [3.63, 3.8) is 0 Å². The van der Waals surface area contributed by atoms with E-state index in [2.05, 4.69) is 0 Å². The predicted octanol–water partition coefficient (Wildman–Crippen LogP) is 2.82. The van der Waals surface area contributed by atoms with Crippen LogP contribution in [0.25, 0.3) is 0 Å². The first-order valence-corrected chi connectivity index (χ1v) is 6.32. The van der Waals surface area contributed by atoms with Gasteiger partial charge < -0.3 is 19.3 Å². The summed E-state index contributed by atoms with van der Waals surface area (Å²) in [6.45, 7) is 0.180. The zero-order valence-corrected chi connectivity index (χ0v) is 11.6. The molecule has 0 radical (unpaired) electrons. The highest BCUT2D eigenvalue weighted by Gasteiger charge is 2.12. The predicted molar refractivity (Wildman–Crippen MR) is 76.4 cm³/mol. The lowest BCUT2D eigenvalue weighted by atomic mass is 10.1. The summed E-state index contributed by atoms with van der Waals surface area (Å²) in [5.74, 6) is 1.95. The highest BCUT2D eigenvalue weighted by atomic mass is 16.5. The molecule has 2 aromatic rings. The normalized spacial score (nSPS) is 11.8. The Hall–Kier alpha value is -2.20. The maximum Gasteiger partial charge on any atom is 0.161 e. The van der Waals surface area contributed by atoms with E-state index < -0.39 is 6.10 Å². The van der Waals surface area contributed by atoms with Gasteiger partial charge in [0.15, 0.2) is 11.5 Å². The maximum absolute atomic E-state index is 10.1. The molecule has 0 aliphatic carbocycles. The van der Waals surface area contributed by atoms with Crippen molar-refractivity contribution in [2.45, 2.75) is 6.10 Å². The van der Waals surface area contributed by atoms with Gasteiger partial charge in [0.1, 0.15) is 18.5 Å². The number of rotatable bonds is 6. The summed E-state index contributed by atoms with van der Waals surface area (Å²) >= 11 is 0. The lowest BCUT2D eigenvalue weighted by molar-refractivity contribution is 0.108. The Kier molecular flexibility index (Phi) is 4.85. The van der Waals surface area contributed by atoms with E-state index in [1.165, 1.54) is 0 Å². The van der Waals surface area contributed by atoms with Gasteiger partial charge >= 0.3 is 0 Å². The monoisotopic (exact) mass is 274 g/mol. The van der Waals surface area contributed by atoms with Crippen LogP contribution in [0.15, 0.2) is 48.5 Å². The Bertz CT molecular complexity index is 539. The summed E-state index contributed by atoms with van der Waals surface area (Å²) in [4.78, 5) is 0. The molecule has 0 bridgehead atoms. The smallest absolute Gasteiger partial charge is 0.161 e. The summed E-state index contributed by atoms with van der Waals surface area (Å²) in [6.07, 6.45) is -0.727. The van der Waals surface area contributed by atoms with Gasteiger partial charge in [0, 0.05) is 0 Å². The van der Waals surface area contributed by atoms with Gasteiger partial charge in [-0.2, -0.15) is 0 Å². The van der Waals surface area contributed by atoms with Gasteiger partial charge in [-0.3, -0.25) is 0 Å². The average Bonchev–Trinajstić information content (AvgIpc) is 2.52. The largest absolute Gasteiger partial charge is 0.493 e. The Labute approximate surface area is 118 Å². The van der Waals surface area contributed by atoms with E-state index in [0.29, 0.717) is 11.5 Å². The van der Waals surface area contributed by atoms with Crippen LogP contribution in [-0.2, 0) is 0 Å². The van der Waals surface area contributed by atoms with Crippen LogP contribution in [0.4, 0.5) is 0 Å².